The third kappa shape index (κ3) is 3.90. The Morgan fingerprint density at radius 3 is 2.27 bits per heavy atom. The van der Waals surface area contributed by atoms with Crippen molar-refractivity contribution in [1.82, 2.24) is 4.90 Å². The van der Waals surface area contributed by atoms with Crippen LogP contribution >= 0.6 is 10.7 Å². The zero-order valence-corrected chi connectivity index (χ0v) is 10.8. The number of likely N-dealkylation sites (tertiary alicyclic amines) is 1. The van der Waals surface area contributed by atoms with Crippen LogP contribution in [0.3, 0.4) is 0 Å². The van der Waals surface area contributed by atoms with Crippen molar-refractivity contribution in [2.75, 3.05) is 32.5 Å². The van der Waals surface area contributed by atoms with Crippen LogP contribution in [-0.2, 0) is 13.8 Å². The minimum absolute atomic E-state index is 0.0877. The normalized spacial score (nSPS) is 22.9. The van der Waals surface area contributed by atoms with Crippen molar-refractivity contribution in [3.05, 3.63) is 0 Å². The van der Waals surface area contributed by atoms with E-state index < -0.39 is 14.7 Å². The molecule has 1 aliphatic rings. The summed E-state index contributed by atoms with van der Waals surface area (Å²) in [6, 6.07) is 0. The molecule has 1 rings (SSSR count). The van der Waals surface area contributed by atoms with Crippen LogP contribution in [0, 0.1) is 0 Å². The summed E-state index contributed by atoms with van der Waals surface area (Å²) in [5.41, 5.74) is -0.577. The Morgan fingerprint density at radius 2 is 1.93 bits per heavy atom. The number of nitrogens with zero attached hydrogens (tertiary/aromatic N) is 1. The van der Waals surface area contributed by atoms with Gasteiger partial charge in [0.15, 0.2) is 0 Å². The Hall–Kier alpha value is 0.160. The zero-order valence-electron chi connectivity index (χ0n) is 9.20. The summed E-state index contributed by atoms with van der Waals surface area (Å²) in [6.45, 7) is 4.83. The van der Waals surface area contributed by atoms with Gasteiger partial charge in [0.2, 0.25) is 9.05 Å². The predicted molar refractivity (Wildman–Crippen MR) is 60.7 cm³/mol. The van der Waals surface area contributed by atoms with Gasteiger partial charge in [0.1, 0.15) is 0 Å². The Bertz CT molecular complexity index is 296. The smallest absolute Gasteiger partial charge is 0.235 e. The molecule has 6 heteroatoms. The highest BCUT2D eigenvalue weighted by Crippen LogP contribution is 2.28. The fourth-order valence-corrected chi connectivity index (χ4v) is 3.63. The lowest BCUT2D eigenvalue weighted by molar-refractivity contribution is -0.0387. The summed E-state index contributed by atoms with van der Waals surface area (Å²) in [4.78, 5) is 2.28. The number of piperidine rings is 1. The summed E-state index contributed by atoms with van der Waals surface area (Å²) in [5, 5.41) is 0. The molecule has 0 unspecified atom stereocenters. The van der Waals surface area contributed by atoms with Gasteiger partial charge in [-0.25, -0.2) is 8.42 Å². The predicted octanol–water partition coefficient (Wildman–Crippen LogP) is 1.06. The van der Waals surface area contributed by atoms with Crippen molar-refractivity contribution >= 4 is 19.7 Å². The summed E-state index contributed by atoms with van der Waals surface area (Å²) in [5.74, 6) is -0.0877. The molecule has 0 N–H and O–H groups in total. The maximum atomic E-state index is 11.1. The second-order valence-electron chi connectivity index (χ2n) is 4.00. The van der Waals surface area contributed by atoms with Crippen LogP contribution in [0.1, 0.15) is 19.8 Å². The van der Waals surface area contributed by atoms with E-state index in [4.69, 9.17) is 15.4 Å². The van der Waals surface area contributed by atoms with Crippen molar-refractivity contribution < 1.29 is 13.2 Å². The van der Waals surface area contributed by atoms with E-state index in [-0.39, 0.29) is 5.75 Å². The molecule has 1 fully saturated rings. The number of methoxy groups -OCH3 is 1. The summed E-state index contributed by atoms with van der Waals surface area (Å²) < 4.78 is 27.5. The molecular weight excluding hydrogens is 238 g/mol. The number of rotatable bonds is 4. The Labute approximate surface area is 96.0 Å². The molecule has 0 radical (unpaired) electrons. The van der Waals surface area contributed by atoms with E-state index >= 15 is 0 Å². The molecular formula is C9H18ClNO3S. The minimum atomic E-state index is -3.49. The van der Waals surface area contributed by atoms with E-state index in [2.05, 4.69) is 11.8 Å². The fourth-order valence-electron chi connectivity index (χ4n) is 2.00. The van der Waals surface area contributed by atoms with Crippen molar-refractivity contribution in [3.8, 4) is 0 Å². The topological polar surface area (TPSA) is 46.6 Å². The molecule has 1 aliphatic heterocycles. The maximum absolute atomic E-state index is 11.1. The molecule has 1 saturated heterocycles. The highest BCUT2D eigenvalue weighted by atomic mass is 35.7. The fraction of sp³-hybridized carbons (Fsp3) is 1.00. The van der Waals surface area contributed by atoms with E-state index in [1.165, 1.54) is 0 Å². The summed E-state index contributed by atoms with van der Waals surface area (Å²) >= 11 is 0. The standard InChI is InChI=1S/C9H18ClNO3S/c1-3-11-6-4-9(14-2,5-7-11)8-15(10,12)13/h3-8H2,1-2H3. The first-order chi connectivity index (χ1) is 6.91. The molecule has 0 spiro atoms. The first kappa shape index (κ1) is 13.2. The molecule has 0 amide bonds. The average Bonchev–Trinajstić information content (AvgIpc) is 2.16. The first-order valence-electron chi connectivity index (χ1n) is 5.11. The molecule has 0 saturated carbocycles. The van der Waals surface area contributed by atoms with Crippen LogP contribution in [0.4, 0.5) is 0 Å². The van der Waals surface area contributed by atoms with Crippen LogP contribution in [0.5, 0.6) is 0 Å². The van der Waals surface area contributed by atoms with Gasteiger partial charge in [-0.1, -0.05) is 6.92 Å². The van der Waals surface area contributed by atoms with E-state index in [9.17, 15) is 8.42 Å². The van der Waals surface area contributed by atoms with Crippen LogP contribution < -0.4 is 0 Å². The van der Waals surface area contributed by atoms with Gasteiger partial charge in [-0.3, -0.25) is 0 Å². The summed E-state index contributed by atoms with van der Waals surface area (Å²) in [6.07, 6.45) is 1.45. The number of hydrogen-bond donors (Lipinski definition) is 0. The highest BCUT2D eigenvalue weighted by molar-refractivity contribution is 8.13. The summed E-state index contributed by atoms with van der Waals surface area (Å²) in [7, 11) is 3.35. The van der Waals surface area contributed by atoms with Gasteiger partial charge in [0.25, 0.3) is 0 Å². The van der Waals surface area contributed by atoms with Crippen LogP contribution in [0.2, 0.25) is 0 Å². The molecule has 0 atom stereocenters. The lowest BCUT2D eigenvalue weighted by atomic mass is 9.93. The highest BCUT2D eigenvalue weighted by Gasteiger charge is 2.37. The largest absolute Gasteiger partial charge is 0.377 e. The van der Waals surface area contributed by atoms with Gasteiger partial charge in [-0.15, -0.1) is 0 Å². The molecule has 4 nitrogen and oxygen atoms in total. The van der Waals surface area contributed by atoms with Crippen LogP contribution in [-0.4, -0.2) is 51.4 Å². The average molecular weight is 256 g/mol. The molecule has 0 aromatic carbocycles. The van der Waals surface area contributed by atoms with Crippen molar-refractivity contribution in [1.29, 1.82) is 0 Å². The monoisotopic (exact) mass is 255 g/mol. The second-order valence-corrected chi connectivity index (χ2v) is 6.78. The molecule has 15 heavy (non-hydrogen) atoms. The van der Waals surface area contributed by atoms with Crippen molar-refractivity contribution in [2.45, 2.75) is 25.4 Å². The Kier molecular flexibility index (Phi) is 4.40. The quantitative estimate of drug-likeness (QED) is 0.705. The SMILES string of the molecule is CCN1CCC(CS(=O)(=O)Cl)(OC)CC1. The van der Waals surface area contributed by atoms with Gasteiger partial charge >= 0.3 is 0 Å². The lowest BCUT2D eigenvalue weighted by Gasteiger charge is -2.39. The molecule has 0 aromatic rings. The molecule has 90 valence electrons. The number of hydrogen-bond acceptors (Lipinski definition) is 4. The second kappa shape index (κ2) is 4.99. The zero-order chi connectivity index (χ0) is 11.5. The number of ether oxygens (including phenoxy) is 1. The molecule has 0 bridgehead atoms. The van der Waals surface area contributed by atoms with Gasteiger partial charge in [-0.05, 0) is 19.4 Å². The third-order valence-electron chi connectivity index (χ3n) is 3.08. The van der Waals surface area contributed by atoms with Gasteiger partial charge in [-0.2, -0.15) is 0 Å². The first-order valence-corrected chi connectivity index (χ1v) is 7.58. The Morgan fingerprint density at radius 1 is 1.40 bits per heavy atom. The van der Waals surface area contributed by atoms with Crippen molar-refractivity contribution in [3.63, 3.8) is 0 Å². The molecule has 0 aromatic heterocycles. The van der Waals surface area contributed by atoms with Gasteiger partial charge in [0, 0.05) is 30.9 Å². The van der Waals surface area contributed by atoms with Crippen LogP contribution in [0.25, 0.3) is 0 Å². The van der Waals surface area contributed by atoms with E-state index in [0.717, 1.165) is 32.5 Å². The molecule has 1 heterocycles. The molecule has 0 aliphatic carbocycles. The Balaban J connectivity index is 2.64. The van der Waals surface area contributed by atoms with Gasteiger partial charge < -0.3 is 9.64 Å². The lowest BCUT2D eigenvalue weighted by Crippen LogP contribution is -2.48. The van der Waals surface area contributed by atoms with Crippen LogP contribution in [0.15, 0.2) is 0 Å². The van der Waals surface area contributed by atoms with Crippen molar-refractivity contribution in [2.24, 2.45) is 0 Å². The van der Waals surface area contributed by atoms with E-state index in [1.54, 1.807) is 7.11 Å². The number of halogens is 1. The third-order valence-corrected chi connectivity index (χ3v) is 4.28. The maximum Gasteiger partial charge on any atom is 0.235 e. The minimum Gasteiger partial charge on any atom is -0.377 e. The van der Waals surface area contributed by atoms with Gasteiger partial charge in [0.05, 0.1) is 11.4 Å². The van der Waals surface area contributed by atoms with E-state index in [1.807, 2.05) is 0 Å². The van der Waals surface area contributed by atoms with E-state index in [0.29, 0.717) is 0 Å².